The molecule has 0 bridgehead atoms. The highest BCUT2D eigenvalue weighted by molar-refractivity contribution is 7.92. The Morgan fingerprint density at radius 1 is 1.25 bits per heavy atom. The van der Waals surface area contributed by atoms with E-state index < -0.39 is 14.6 Å². The van der Waals surface area contributed by atoms with Gasteiger partial charge in [0.1, 0.15) is 0 Å². The number of rotatable bonds is 4. The van der Waals surface area contributed by atoms with Crippen LogP contribution in [0.15, 0.2) is 30.3 Å². The van der Waals surface area contributed by atoms with E-state index >= 15 is 0 Å². The molecule has 1 fully saturated rings. The first-order chi connectivity index (χ1) is 9.32. The molecular weight excluding hydrogens is 270 g/mol. The Balaban J connectivity index is 1.90. The SMILES string of the molecule is C[C@@H](CCN1CCS(=O)(=O)C(C)(C)C1)c1ccccc1. The number of hydrogen-bond donors (Lipinski definition) is 0. The molecule has 0 spiro atoms. The van der Waals surface area contributed by atoms with Gasteiger partial charge in [0.25, 0.3) is 0 Å². The molecular formula is C16H25NO2S. The quantitative estimate of drug-likeness (QED) is 0.857. The van der Waals surface area contributed by atoms with Gasteiger partial charge < -0.3 is 4.90 Å². The fourth-order valence-electron chi connectivity index (χ4n) is 2.76. The normalized spacial score (nSPS) is 23.4. The average Bonchev–Trinajstić information content (AvgIpc) is 2.41. The summed E-state index contributed by atoms with van der Waals surface area (Å²) in [6.45, 7) is 8.21. The third-order valence-corrected chi connectivity index (χ3v) is 6.90. The molecule has 0 saturated carbocycles. The van der Waals surface area contributed by atoms with Crippen LogP contribution >= 0.6 is 0 Å². The van der Waals surface area contributed by atoms with Crippen molar-refractivity contribution in [2.75, 3.05) is 25.4 Å². The van der Waals surface area contributed by atoms with E-state index in [1.165, 1.54) is 5.56 Å². The lowest BCUT2D eigenvalue weighted by Crippen LogP contribution is -2.53. The molecule has 0 radical (unpaired) electrons. The lowest BCUT2D eigenvalue weighted by atomic mass is 9.97. The Labute approximate surface area is 122 Å². The second kappa shape index (κ2) is 5.86. The molecule has 2 rings (SSSR count). The molecule has 1 aromatic carbocycles. The lowest BCUT2D eigenvalue weighted by Gasteiger charge is -2.38. The van der Waals surface area contributed by atoms with E-state index in [1.54, 1.807) is 0 Å². The van der Waals surface area contributed by atoms with E-state index in [1.807, 2.05) is 19.9 Å². The smallest absolute Gasteiger partial charge is 0.157 e. The standard InChI is InChI=1S/C16H25NO2S/c1-14(15-7-5-4-6-8-15)9-10-17-11-12-20(18,19)16(2,3)13-17/h4-8,14H,9-13H2,1-3H3/t14-/m0/s1. The largest absolute Gasteiger partial charge is 0.301 e. The van der Waals surface area contributed by atoms with Crippen LogP contribution in [0.2, 0.25) is 0 Å². The molecule has 1 heterocycles. The summed E-state index contributed by atoms with van der Waals surface area (Å²) in [7, 11) is -2.93. The molecule has 1 saturated heterocycles. The van der Waals surface area contributed by atoms with Crippen LogP contribution < -0.4 is 0 Å². The van der Waals surface area contributed by atoms with Gasteiger partial charge in [-0.1, -0.05) is 37.3 Å². The Morgan fingerprint density at radius 3 is 2.50 bits per heavy atom. The fraction of sp³-hybridized carbons (Fsp3) is 0.625. The average molecular weight is 295 g/mol. The zero-order valence-electron chi connectivity index (χ0n) is 12.7. The predicted octanol–water partition coefficient (Wildman–Crippen LogP) is 2.69. The van der Waals surface area contributed by atoms with Crippen molar-refractivity contribution in [3.8, 4) is 0 Å². The molecule has 3 nitrogen and oxygen atoms in total. The van der Waals surface area contributed by atoms with Crippen LogP contribution in [0, 0.1) is 0 Å². The third-order valence-electron chi connectivity index (χ3n) is 4.37. The van der Waals surface area contributed by atoms with Crippen LogP contribution in [0.5, 0.6) is 0 Å². The van der Waals surface area contributed by atoms with Crippen molar-refractivity contribution in [3.05, 3.63) is 35.9 Å². The highest BCUT2D eigenvalue weighted by Crippen LogP contribution is 2.25. The van der Waals surface area contributed by atoms with Gasteiger partial charge in [-0.15, -0.1) is 0 Å². The van der Waals surface area contributed by atoms with Crippen molar-refractivity contribution in [1.82, 2.24) is 4.90 Å². The minimum Gasteiger partial charge on any atom is -0.301 e. The van der Waals surface area contributed by atoms with Crippen LogP contribution in [0.3, 0.4) is 0 Å². The van der Waals surface area contributed by atoms with E-state index in [0.29, 0.717) is 24.8 Å². The van der Waals surface area contributed by atoms with E-state index in [9.17, 15) is 8.42 Å². The van der Waals surface area contributed by atoms with Gasteiger partial charge >= 0.3 is 0 Å². The summed E-state index contributed by atoms with van der Waals surface area (Å²) >= 11 is 0. The zero-order chi connectivity index (χ0) is 14.8. The van der Waals surface area contributed by atoms with E-state index in [0.717, 1.165) is 13.0 Å². The van der Waals surface area contributed by atoms with Crippen LogP contribution in [-0.2, 0) is 9.84 Å². The second-order valence-electron chi connectivity index (χ2n) is 6.46. The minimum atomic E-state index is -2.93. The van der Waals surface area contributed by atoms with Crippen molar-refractivity contribution in [1.29, 1.82) is 0 Å². The van der Waals surface area contributed by atoms with Crippen molar-refractivity contribution in [2.24, 2.45) is 0 Å². The summed E-state index contributed by atoms with van der Waals surface area (Å²) < 4.78 is 23.4. The van der Waals surface area contributed by atoms with Crippen LogP contribution in [-0.4, -0.2) is 43.5 Å². The van der Waals surface area contributed by atoms with Gasteiger partial charge in [0, 0.05) is 13.1 Å². The number of hydrogen-bond acceptors (Lipinski definition) is 3. The topological polar surface area (TPSA) is 37.4 Å². The maximum absolute atomic E-state index is 12.0. The Kier molecular flexibility index (Phi) is 4.55. The van der Waals surface area contributed by atoms with Crippen molar-refractivity contribution in [2.45, 2.75) is 37.9 Å². The van der Waals surface area contributed by atoms with E-state index in [4.69, 9.17) is 0 Å². The summed E-state index contributed by atoms with van der Waals surface area (Å²) in [5.41, 5.74) is 1.36. The number of sulfone groups is 1. The monoisotopic (exact) mass is 295 g/mol. The molecule has 0 unspecified atom stereocenters. The molecule has 112 valence electrons. The molecule has 1 aliphatic rings. The molecule has 1 aromatic rings. The van der Waals surface area contributed by atoms with Gasteiger partial charge in [-0.3, -0.25) is 0 Å². The van der Waals surface area contributed by atoms with Gasteiger partial charge in [0.15, 0.2) is 9.84 Å². The molecule has 0 amide bonds. The highest BCUT2D eigenvalue weighted by Gasteiger charge is 2.39. The summed E-state index contributed by atoms with van der Waals surface area (Å²) in [6, 6.07) is 10.5. The number of benzene rings is 1. The predicted molar refractivity (Wildman–Crippen MR) is 83.8 cm³/mol. The van der Waals surface area contributed by atoms with Gasteiger partial charge in [-0.05, 0) is 38.3 Å². The van der Waals surface area contributed by atoms with Gasteiger partial charge in [0.2, 0.25) is 0 Å². The molecule has 20 heavy (non-hydrogen) atoms. The maximum atomic E-state index is 12.0. The zero-order valence-corrected chi connectivity index (χ0v) is 13.5. The Bertz CT molecular complexity index is 537. The number of nitrogens with zero attached hydrogens (tertiary/aromatic N) is 1. The van der Waals surface area contributed by atoms with E-state index in [2.05, 4.69) is 36.1 Å². The Hall–Kier alpha value is -0.870. The van der Waals surface area contributed by atoms with Crippen LogP contribution in [0.25, 0.3) is 0 Å². The summed E-state index contributed by atoms with van der Waals surface area (Å²) in [4.78, 5) is 2.29. The fourth-order valence-corrected chi connectivity index (χ4v) is 4.19. The lowest BCUT2D eigenvalue weighted by molar-refractivity contribution is 0.242. The molecule has 1 aliphatic heterocycles. The molecule has 0 aromatic heterocycles. The van der Waals surface area contributed by atoms with Crippen molar-refractivity contribution in [3.63, 3.8) is 0 Å². The van der Waals surface area contributed by atoms with Gasteiger partial charge in [-0.2, -0.15) is 0 Å². The second-order valence-corrected chi connectivity index (χ2v) is 9.20. The molecule has 1 atom stereocenters. The first-order valence-corrected chi connectivity index (χ1v) is 8.97. The maximum Gasteiger partial charge on any atom is 0.157 e. The third kappa shape index (κ3) is 3.41. The van der Waals surface area contributed by atoms with Crippen LogP contribution in [0.4, 0.5) is 0 Å². The molecule has 4 heteroatoms. The highest BCUT2D eigenvalue weighted by atomic mass is 32.2. The minimum absolute atomic E-state index is 0.291. The molecule has 0 N–H and O–H groups in total. The van der Waals surface area contributed by atoms with Gasteiger partial charge in [-0.25, -0.2) is 8.42 Å². The summed E-state index contributed by atoms with van der Waals surface area (Å²) in [5, 5.41) is 0. The molecule has 0 aliphatic carbocycles. The first-order valence-electron chi connectivity index (χ1n) is 7.31. The van der Waals surface area contributed by atoms with Crippen molar-refractivity contribution < 1.29 is 8.42 Å². The van der Waals surface area contributed by atoms with Crippen molar-refractivity contribution >= 4 is 9.84 Å². The van der Waals surface area contributed by atoms with Gasteiger partial charge in [0.05, 0.1) is 10.5 Å². The Morgan fingerprint density at radius 2 is 1.90 bits per heavy atom. The summed E-state index contributed by atoms with van der Waals surface area (Å²) in [5.74, 6) is 0.803. The first kappa shape index (κ1) is 15.5. The van der Waals surface area contributed by atoms with Crippen LogP contribution in [0.1, 0.15) is 38.7 Å². The summed E-state index contributed by atoms with van der Waals surface area (Å²) in [6.07, 6.45) is 1.07. The van der Waals surface area contributed by atoms with E-state index in [-0.39, 0.29) is 0 Å².